The van der Waals surface area contributed by atoms with E-state index in [2.05, 4.69) is 17.1 Å². The number of nitrogen functional groups attached to an aromatic ring is 1. The van der Waals surface area contributed by atoms with Crippen molar-refractivity contribution in [1.82, 2.24) is 4.90 Å². The van der Waals surface area contributed by atoms with Crippen molar-refractivity contribution >= 4 is 57.5 Å². The number of hydrogen-bond donors (Lipinski definition) is 1. The first-order valence-corrected chi connectivity index (χ1v) is 16.0. The molecule has 4 aromatic carbocycles. The zero-order valence-corrected chi connectivity index (χ0v) is 26.3. The van der Waals surface area contributed by atoms with Crippen molar-refractivity contribution in [2.45, 2.75) is 31.3 Å². The normalized spacial score (nSPS) is 18.1. The molecule has 0 radical (unpaired) electrons. The molecule has 9 nitrogen and oxygen atoms in total. The van der Waals surface area contributed by atoms with E-state index in [9.17, 15) is 9.59 Å². The highest BCUT2D eigenvalue weighted by Gasteiger charge is 2.35. The molecule has 46 heavy (non-hydrogen) atoms. The smallest absolute Gasteiger partial charge is 0.257 e. The molecule has 10 heteroatoms. The Morgan fingerprint density at radius 3 is 2.59 bits per heavy atom. The summed E-state index contributed by atoms with van der Waals surface area (Å²) in [7, 11) is 1.54. The molecule has 4 aromatic rings. The number of fused-ring (bicyclic) bond motifs is 6. The van der Waals surface area contributed by atoms with Gasteiger partial charge in [-0.1, -0.05) is 48.5 Å². The molecule has 0 unspecified atom stereocenters. The van der Waals surface area contributed by atoms with Gasteiger partial charge < -0.3 is 29.7 Å². The van der Waals surface area contributed by atoms with Crippen LogP contribution in [-0.4, -0.2) is 68.3 Å². The van der Waals surface area contributed by atoms with Crippen molar-refractivity contribution in [1.29, 1.82) is 0 Å². The highest BCUT2D eigenvalue weighted by molar-refractivity contribution is 6.19. The van der Waals surface area contributed by atoms with Crippen molar-refractivity contribution < 1.29 is 23.8 Å². The number of aliphatic imine (C=N–C) groups is 1. The summed E-state index contributed by atoms with van der Waals surface area (Å²) in [5.41, 5.74) is 12.3. The van der Waals surface area contributed by atoms with E-state index >= 15 is 0 Å². The first kappa shape index (κ1) is 30.1. The van der Waals surface area contributed by atoms with Gasteiger partial charge in [-0.3, -0.25) is 14.6 Å². The number of carbonyl (C=O) groups excluding carboxylic acids is 2. The van der Waals surface area contributed by atoms with E-state index in [-0.39, 0.29) is 50.0 Å². The molecular weight excluding hydrogens is 604 g/mol. The van der Waals surface area contributed by atoms with E-state index < -0.39 is 0 Å². The third-order valence-corrected chi connectivity index (χ3v) is 9.45. The van der Waals surface area contributed by atoms with E-state index in [0.29, 0.717) is 47.4 Å². The molecule has 3 heterocycles. The fraction of sp³-hybridized carbons (Fsp3) is 0.306. The fourth-order valence-corrected chi connectivity index (χ4v) is 7.02. The summed E-state index contributed by atoms with van der Waals surface area (Å²) >= 11 is 6.34. The van der Waals surface area contributed by atoms with Crippen LogP contribution in [0.25, 0.3) is 10.8 Å². The Balaban J connectivity index is 0.961. The van der Waals surface area contributed by atoms with Crippen LogP contribution >= 0.6 is 11.6 Å². The number of rotatable bonds is 9. The minimum Gasteiger partial charge on any atom is -0.493 e. The second-order valence-corrected chi connectivity index (χ2v) is 12.1. The Hall–Kier alpha value is -4.60. The van der Waals surface area contributed by atoms with Crippen molar-refractivity contribution in [2.24, 2.45) is 4.99 Å². The molecular formula is C36H35ClN4O5. The number of hydrogen-bond acceptors (Lipinski definition) is 7. The molecule has 0 fully saturated rings. The lowest BCUT2D eigenvalue weighted by molar-refractivity contribution is -0.119. The van der Waals surface area contributed by atoms with E-state index in [1.165, 1.54) is 5.56 Å². The number of methoxy groups -OCH3 is 1. The van der Waals surface area contributed by atoms with Crippen LogP contribution in [0.2, 0.25) is 0 Å². The van der Waals surface area contributed by atoms with Crippen LogP contribution in [0, 0.1) is 0 Å². The predicted octanol–water partition coefficient (Wildman–Crippen LogP) is 5.87. The summed E-state index contributed by atoms with van der Waals surface area (Å²) in [6, 6.07) is 21.4. The standard InChI is InChI=1S/C36H35ClN4O5/c1-44-32-15-28-30(39-19-25-14-22-6-2-3-7-23(22)20-40(25)36(28)43)17-33(32)46-13-12-45-11-10-34(42)41-21-24(18-37)35-27-9-5-4-8-26(27)29(38)16-31(35)41/h2-9,15-17,19,24-25H,10-14,18,20-21,38H2,1H3/t24-,25+/m1/s1. The Morgan fingerprint density at radius 2 is 1.78 bits per heavy atom. The van der Waals surface area contributed by atoms with E-state index in [1.807, 2.05) is 53.6 Å². The predicted molar refractivity (Wildman–Crippen MR) is 180 cm³/mol. The van der Waals surface area contributed by atoms with E-state index in [4.69, 9.17) is 31.5 Å². The summed E-state index contributed by atoms with van der Waals surface area (Å²) in [5.74, 6) is 1.24. The first-order chi connectivity index (χ1) is 22.5. The van der Waals surface area contributed by atoms with Crippen LogP contribution < -0.4 is 20.1 Å². The van der Waals surface area contributed by atoms with Crippen LogP contribution in [0.1, 0.15) is 39.4 Å². The van der Waals surface area contributed by atoms with Gasteiger partial charge in [-0.05, 0) is 40.6 Å². The zero-order valence-electron chi connectivity index (χ0n) is 25.6. The second kappa shape index (κ2) is 12.7. The van der Waals surface area contributed by atoms with Gasteiger partial charge in [0.2, 0.25) is 5.91 Å². The van der Waals surface area contributed by atoms with Gasteiger partial charge in [0.05, 0.1) is 44.0 Å². The van der Waals surface area contributed by atoms with Crippen molar-refractivity contribution in [3.8, 4) is 11.5 Å². The Morgan fingerprint density at radius 1 is 1.00 bits per heavy atom. The van der Waals surface area contributed by atoms with Crippen molar-refractivity contribution in [2.75, 3.05) is 50.0 Å². The topological polar surface area (TPSA) is 107 Å². The molecule has 236 valence electrons. The molecule has 0 bridgehead atoms. The average molecular weight is 639 g/mol. The summed E-state index contributed by atoms with van der Waals surface area (Å²) in [4.78, 5) is 35.2. The SMILES string of the molecule is COc1cc2c(cc1OCCOCCC(=O)N1C[C@@H](CCl)c3c1cc(N)c1ccccc31)N=C[C@@H]1Cc3ccccc3CN1C2=O. The van der Waals surface area contributed by atoms with E-state index in [1.54, 1.807) is 24.1 Å². The first-order valence-electron chi connectivity index (χ1n) is 15.5. The number of carbonyl (C=O) groups is 2. The van der Waals surface area contributed by atoms with Gasteiger partial charge in [0.1, 0.15) is 6.61 Å². The van der Waals surface area contributed by atoms with Crippen LogP contribution in [-0.2, 0) is 22.5 Å². The second-order valence-electron chi connectivity index (χ2n) is 11.8. The minimum absolute atomic E-state index is 0.0356. The summed E-state index contributed by atoms with van der Waals surface area (Å²) < 4.78 is 17.4. The van der Waals surface area contributed by atoms with E-state index in [0.717, 1.165) is 34.0 Å². The van der Waals surface area contributed by atoms with Gasteiger partial charge in [-0.25, -0.2) is 0 Å². The van der Waals surface area contributed by atoms with Crippen LogP contribution in [0.3, 0.4) is 0 Å². The molecule has 7 rings (SSSR count). The number of halogens is 1. The number of nitrogens with zero attached hydrogens (tertiary/aromatic N) is 3. The Labute approximate surface area is 272 Å². The molecule has 2 atom stereocenters. The Bertz CT molecular complexity index is 1860. The maximum absolute atomic E-state index is 13.6. The lowest BCUT2D eigenvalue weighted by Gasteiger charge is -2.34. The molecule has 3 aliphatic heterocycles. The summed E-state index contributed by atoms with van der Waals surface area (Å²) in [5, 5.41) is 2.01. The number of nitrogens with two attached hydrogens (primary N) is 1. The van der Waals surface area contributed by atoms with Crippen molar-refractivity contribution in [3.05, 3.63) is 89.0 Å². The highest BCUT2D eigenvalue weighted by Crippen LogP contribution is 2.44. The number of amides is 2. The zero-order chi connectivity index (χ0) is 31.8. The molecule has 0 aliphatic carbocycles. The number of ether oxygens (including phenoxy) is 3. The number of alkyl halides is 1. The minimum atomic E-state index is -0.118. The Kier molecular flexibility index (Phi) is 8.27. The number of anilines is 2. The van der Waals surface area contributed by atoms with Crippen LogP contribution in [0.15, 0.2) is 71.7 Å². The third-order valence-electron chi connectivity index (χ3n) is 9.08. The van der Waals surface area contributed by atoms with Gasteiger partial charge in [0.15, 0.2) is 11.5 Å². The van der Waals surface area contributed by atoms with Crippen LogP contribution in [0.4, 0.5) is 17.1 Å². The lowest BCUT2D eigenvalue weighted by Crippen LogP contribution is -2.44. The highest BCUT2D eigenvalue weighted by atomic mass is 35.5. The lowest BCUT2D eigenvalue weighted by atomic mass is 9.94. The molecule has 2 N–H and O–H groups in total. The summed E-state index contributed by atoms with van der Waals surface area (Å²) in [6.45, 7) is 1.79. The van der Waals surface area contributed by atoms with Gasteiger partial charge in [-0.2, -0.15) is 0 Å². The molecule has 2 amide bonds. The van der Waals surface area contributed by atoms with Gasteiger partial charge in [0, 0.05) is 53.9 Å². The molecule has 3 aliphatic rings. The van der Waals surface area contributed by atoms with Gasteiger partial charge in [-0.15, -0.1) is 11.6 Å². The molecule has 0 aromatic heterocycles. The maximum Gasteiger partial charge on any atom is 0.257 e. The quantitative estimate of drug-likeness (QED) is 0.140. The van der Waals surface area contributed by atoms with Crippen molar-refractivity contribution in [3.63, 3.8) is 0 Å². The molecule has 0 spiro atoms. The fourth-order valence-electron chi connectivity index (χ4n) is 6.77. The largest absolute Gasteiger partial charge is 0.493 e. The van der Waals surface area contributed by atoms with Gasteiger partial charge in [0.25, 0.3) is 5.91 Å². The molecule has 0 saturated heterocycles. The number of benzene rings is 4. The van der Waals surface area contributed by atoms with Crippen LogP contribution in [0.5, 0.6) is 11.5 Å². The third kappa shape index (κ3) is 5.43. The monoisotopic (exact) mass is 638 g/mol. The molecule has 0 saturated carbocycles. The van der Waals surface area contributed by atoms with Gasteiger partial charge >= 0.3 is 0 Å². The maximum atomic E-state index is 13.6. The average Bonchev–Trinajstić information content (AvgIpc) is 3.40. The summed E-state index contributed by atoms with van der Waals surface area (Å²) in [6.07, 6.45) is 2.78.